The SMILES string of the molecule is CCC(=CCNC1CCCCCCC1)C(=O)OC. The lowest BCUT2D eigenvalue weighted by molar-refractivity contribution is -0.136. The van der Waals surface area contributed by atoms with Crippen LogP contribution in [-0.4, -0.2) is 25.7 Å². The Hall–Kier alpha value is -0.830. The summed E-state index contributed by atoms with van der Waals surface area (Å²) in [5.74, 6) is -0.197. The summed E-state index contributed by atoms with van der Waals surface area (Å²) >= 11 is 0. The Morgan fingerprint density at radius 1 is 1.22 bits per heavy atom. The van der Waals surface area contributed by atoms with Gasteiger partial charge in [-0.2, -0.15) is 0 Å². The first-order chi connectivity index (χ1) is 8.77. The van der Waals surface area contributed by atoms with E-state index in [1.54, 1.807) is 0 Å². The van der Waals surface area contributed by atoms with Crippen LogP contribution in [0.15, 0.2) is 11.6 Å². The normalized spacial score (nSPS) is 19.1. The van der Waals surface area contributed by atoms with Crippen LogP contribution >= 0.6 is 0 Å². The number of hydrogen-bond acceptors (Lipinski definition) is 3. The molecule has 0 aromatic heterocycles. The van der Waals surface area contributed by atoms with Gasteiger partial charge < -0.3 is 10.1 Å². The second-order valence-electron chi connectivity index (χ2n) is 5.02. The molecule has 0 aliphatic heterocycles. The lowest BCUT2D eigenvalue weighted by Crippen LogP contribution is -2.30. The van der Waals surface area contributed by atoms with Crippen LogP contribution in [0.2, 0.25) is 0 Å². The van der Waals surface area contributed by atoms with Crippen molar-refractivity contribution < 1.29 is 9.53 Å². The van der Waals surface area contributed by atoms with Gasteiger partial charge in [-0.3, -0.25) is 0 Å². The summed E-state index contributed by atoms with van der Waals surface area (Å²) in [6, 6.07) is 0.623. The number of methoxy groups -OCH3 is 1. The van der Waals surface area contributed by atoms with E-state index in [0.717, 1.165) is 18.5 Å². The molecule has 0 atom stereocenters. The zero-order valence-corrected chi connectivity index (χ0v) is 11.8. The quantitative estimate of drug-likeness (QED) is 0.604. The monoisotopic (exact) mass is 253 g/mol. The van der Waals surface area contributed by atoms with Gasteiger partial charge >= 0.3 is 5.97 Å². The molecular formula is C15H27NO2. The molecule has 0 saturated heterocycles. The summed E-state index contributed by atoms with van der Waals surface area (Å²) in [4.78, 5) is 11.4. The largest absolute Gasteiger partial charge is 0.466 e. The van der Waals surface area contributed by atoms with Crippen LogP contribution in [-0.2, 0) is 9.53 Å². The molecule has 0 unspecified atom stereocenters. The Morgan fingerprint density at radius 3 is 2.39 bits per heavy atom. The highest BCUT2D eigenvalue weighted by Gasteiger charge is 2.10. The summed E-state index contributed by atoms with van der Waals surface area (Å²) in [6.45, 7) is 2.77. The zero-order chi connectivity index (χ0) is 13.2. The molecule has 1 aliphatic rings. The molecule has 0 heterocycles. The van der Waals surface area contributed by atoms with Gasteiger partial charge in [-0.15, -0.1) is 0 Å². The van der Waals surface area contributed by atoms with Gasteiger partial charge in [-0.1, -0.05) is 45.1 Å². The van der Waals surface area contributed by atoms with Gasteiger partial charge in [0.15, 0.2) is 0 Å². The van der Waals surface area contributed by atoms with Crippen LogP contribution in [0.1, 0.15) is 58.3 Å². The molecule has 1 fully saturated rings. The lowest BCUT2D eigenvalue weighted by Gasteiger charge is -2.20. The summed E-state index contributed by atoms with van der Waals surface area (Å²) in [6.07, 6.45) is 12.1. The van der Waals surface area contributed by atoms with Gasteiger partial charge in [-0.05, 0) is 19.3 Å². The molecule has 0 spiro atoms. The number of rotatable bonds is 5. The molecule has 104 valence electrons. The maximum Gasteiger partial charge on any atom is 0.333 e. The number of nitrogens with one attached hydrogen (secondary N) is 1. The minimum Gasteiger partial charge on any atom is -0.466 e. The highest BCUT2D eigenvalue weighted by atomic mass is 16.5. The van der Waals surface area contributed by atoms with Gasteiger partial charge in [-0.25, -0.2) is 4.79 Å². The first kappa shape index (κ1) is 15.2. The maximum absolute atomic E-state index is 11.4. The highest BCUT2D eigenvalue weighted by Crippen LogP contribution is 2.17. The summed E-state index contributed by atoms with van der Waals surface area (Å²) in [5.41, 5.74) is 0.774. The minimum atomic E-state index is -0.197. The van der Waals surface area contributed by atoms with Crippen molar-refractivity contribution in [3.8, 4) is 0 Å². The topological polar surface area (TPSA) is 38.3 Å². The van der Waals surface area contributed by atoms with Crippen molar-refractivity contribution in [3.05, 3.63) is 11.6 Å². The first-order valence-corrected chi connectivity index (χ1v) is 7.28. The molecule has 0 amide bonds. The van der Waals surface area contributed by atoms with Crippen LogP contribution in [0.5, 0.6) is 0 Å². The third-order valence-corrected chi connectivity index (χ3v) is 3.69. The molecule has 0 bridgehead atoms. The van der Waals surface area contributed by atoms with Gasteiger partial charge in [0.25, 0.3) is 0 Å². The predicted molar refractivity (Wildman–Crippen MR) is 74.5 cm³/mol. The van der Waals surface area contributed by atoms with Crippen molar-refractivity contribution in [2.24, 2.45) is 0 Å². The molecule has 3 nitrogen and oxygen atoms in total. The molecule has 0 aromatic rings. The molecule has 0 aromatic carbocycles. The number of carbonyl (C=O) groups excluding carboxylic acids is 1. The maximum atomic E-state index is 11.4. The van der Waals surface area contributed by atoms with Crippen molar-refractivity contribution >= 4 is 5.97 Å². The molecule has 1 aliphatic carbocycles. The van der Waals surface area contributed by atoms with Crippen LogP contribution in [0.3, 0.4) is 0 Å². The van der Waals surface area contributed by atoms with Crippen LogP contribution in [0.25, 0.3) is 0 Å². The predicted octanol–water partition coefficient (Wildman–Crippen LogP) is 3.20. The van der Waals surface area contributed by atoms with Crippen molar-refractivity contribution in [3.63, 3.8) is 0 Å². The molecule has 0 radical (unpaired) electrons. The Balaban J connectivity index is 2.33. The first-order valence-electron chi connectivity index (χ1n) is 7.28. The molecule has 1 saturated carbocycles. The fourth-order valence-corrected chi connectivity index (χ4v) is 2.51. The van der Waals surface area contributed by atoms with E-state index in [-0.39, 0.29) is 5.97 Å². The molecular weight excluding hydrogens is 226 g/mol. The second-order valence-corrected chi connectivity index (χ2v) is 5.02. The fraction of sp³-hybridized carbons (Fsp3) is 0.800. The average Bonchev–Trinajstić information content (AvgIpc) is 2.35. The van der Waals surface area contributed by atoms with E-state index < -0.39 is 0 Å². The van der Waals surface area contributed by atoms with Crippen LogP contribution in [0.4, 0.5) is 0 Å². The van der Waals surface area contributed by atoms with E-state index in [2.05, 4.69) is 5.32 Å². The van der Waals surface area contributed by atoms with E-state index in [1.165, 1.54) is 52.1 Å². The van der Waals surface area contributed by atoms with Gasteiger partial charge in [0.05, 0.1) is 7.11 Å². The molecule has 18 heavy (non-hydrogen) atoms. The highest BCUT2D eigenvalue weighted by molar-refractivity contribution is 5.88. The lowest BCUT2D eigenvalue weighted by atomic mass is 9.97. The third kappa shape index (κ3) is 5.67. The Kier molecular flexibility index (Phi) is 7.74. The van der Waals surface area contributed by atoms with Crippen molar-refractivity contribution in [2.75, 3.05) is 13.7 Å². The number of ether oxygens (including phenoxy) is 1. The smallest absolute Gasteiger partial charge is 0.333 e. The number of hydrogen-bond donors (Lipinski definition) is 1. The van der Waals surface area contributed by atoms with E-state index in [4.69, 9.17) is 4.74 Å². The van der Waals surface area contributed by atoms with Crippen molar-refractivity contribution in [2.45, 2.75) is 64.3 Å². The standard InChI is InChI=1S/C15H27NO2/c1-3-13(15(17)18-2)11-12-16-14-9-7-5-4-6-8-10-14/h11,14,16H,3-10,12H2,1-2H3. The average molecular weight is 253 g/mol. The van der Waals surface area contributed by atoms with E-state index >= 15 is 0 Å². The minimum absolute atomic E-state index is 0.197. The van der Waals surface area contributed by atoms with Gasteiger partial charge in [0.1, 0.15) is 0 Å². The summed E-state index contributed by atoms with van der Waals surface area (Å²) < 4.78 is 4.75. The second kappa shape index (κ2) is 9.15. The van der Waals surface area contributed by atoms with Gasteiger partial charge in [0, 0.05) is 18.2 Å². The molecule has 1 rings (SSSR count). The van der Waals surface area contributed by atoms with E-state index in [0.29, 0.717) is 6.04 Å². The fourth-order valence-electron chi connectivity index (χ4n) is 2.51. The van der Waals surface area contributed by atoms with Gasteiger partial charge in [0.2, 0.25) is 0 Å². The zero-order valence-electron chi connectivity index (χ0n) is 11.8. The van der Waals surface area contributed by atoms with E-state index in [1.807, 2.05) is 13.0 Å². The Morgan fingerprint density at radius 2 is 1.83 bits per heavy atom. The Labute approximate surface area is 111 Å². The van der Waals surface area contributed by atoms with E-state index in [9.17, 15) is 4.79 Å². The summed E-state index contributed by atoms with van der Waals surface area (Å²) in [5, 5.41) is 3.55. The van der Waals surface area contributed by atoms with Crippen LogP contribution < -0.4 is 5.32 Å². The third-order valence-electron chi connectivity index (χ3n) is 3.69. The van der Waals surface area contributed by atoms with Crippen molar-refractivity contribution in [1.82, 2.24) is 5.32 Å². The molecule has 3 heteroatoms. The van der Waals surface area contributed by atoms with Crippen molar-refractivity contribution in [1.29, 1.82) is 0 Å². The Bertz CT molecular complexity index is 266. The summed E-state index contributed by atoms with van der Waals surface area (Å²) in [7, 11) is 1.44. The molecule has 1 N–H and O–H groups in total. The number of carbonyl (C=O) groups is 1. The van der Waals surface area contributed by atoms with Crippen LogP contribution in [0, 0.1) is 0 Å². The number of esters is 1.